The molecule has 0 fully saturated rings. The van der Waals surface area contributed by atoms with Crippen molar-refractivity contribution in [2.24, 2.45) is 0 Å². The molecule has 0 N–H and O–H groups in total. The van der Waals surface area contributed by atoms with Crippen LogP contribution in [-0.4, -0.2) is 15.7 Å². The summed E-state index contributed by atoms with van der Waals surface area (Å²) < 4.78 is 15.5. The average Bonchev–Trinajstić information content (AvgIpc) is 2.35. The highest BCUT2D eigenvalue weighted by Gasteiger charge is 2.22. The molecule has 10 heavy (non-hydrogen) atoms. The fourth-order valence-corrected chi connectivity index (χ4v) is 1.88. The van der Waals surface area contributed by atoms with Crippen molar-refractivity contribution in [3.05, 3.63) is 15.7 Å². The summed E-state index contributed by atoms with van der Waals surface area (Å²) in [5.41, 5.74) is 1.05. The number of alkyl halides is 1. The van der Waals surface area contributed by atoms with Crippen LogP contribution in [0.5, 0.6) is 0 Å². The first kappa shape index (κ1) is 6.57. The molecule has 54 valence electrons. The molecule has 0 saturated heterocycles. The van der Waals surface area contributed by atoms with Crippen LogP contribution in [0, 0.1) is 3.70 Å². The Labute approximate surface area is 71.6 Å². The molecule has 1 aliphatic heterocycles. The second-order valence-electron chi connectivity index (χ2n) is 2.44. The summed E-state index contributed by atoms with van der Waals surface area (Å²) in [5.74, 6) is 0. The monoisotopic (exact) mass is 252 g/mol. The summed E-state index contributed by atoms with van der Waals surface area (Å²) in [4.78, 5) is 4.06. The number of nitrogens with zero attached hydrogens (tertiary/aromatic N) is 2. The van der Waals surface area contributed by atoms with Gasteiger partial charge in [0, 0.05) is 6.42 Å². The first-order valence-electron chi connectivity index (χ1n) is 3.11. The van der Waals surface area contributed by atoms with Gasteiger partial charge in [-0.2, -0.15) is 0 Å². The van der Waals surface area contributed by atoms with E-state index in [9.17, 15) is 4.39 Å². The summed E-state index contributed by atoms with van der Waals surface area (Å²) in [5, 5.41) is 0. The molecule has 0 aromatic carbocycles. The Hall–Kier alpha value is -0.130. The van der Waals surface area contributed by atoms with E-state index in [1.165, 1.54) is 0 Å². The van der Waals surface area contributed by atoms with Crippen molar-refractivity contribution < 1.29 is 4.39 Å². The lowest BCUT2D eigenvalue weighted by Gasteiger charge is -1.91. The quantitative estimate of drug-likeness (QED) is 0.638. The third-order valence-electron chi connectivity index (χ3n) is 1.70. The van der Waals surface area contributed by atoms with Gasteiger partial charge >= 0.3 is 0 Å². The van der Waals surface area contributed by atoms with Crippen molar-refractivity contribution in [2.75, 3.05) is 0 Å². The Kier molecular flexibility index (Phi) is 1.43. The van der Waals surface area contributed by atoms with E-state index in [0.29, 0.717) is 13.0 Å². The molecule has 4 heteroatoms. The third-order valence-corrected chi connectivity index (χ3v) is 2.61. The maximum atomic E-state index is 12.7. The van der Waals surface area contributed by atoms with E-state index < -0.39 is 6.17 Å². The summed E-state index contributed by atoms with van der Waals surface area (Å²) in [6, 6.07) is 0. The molecule has 2 nitrogen and oxygen atoms in total. The molecule has 2 heterocycles. The van der Waals surface area contributed by atoms with Gasteiger partial charge in [-0.25, -0.2) is 9.37 Å². The minimum atomic E-state index is -0.688. The second-order valence-corrected chi connectivity index (χ2v) is 3.46. The van der Waals surface area contributed by atoms with Gasteiger partial charge in [-0.15, -0.1) is 0 Å². The van der Waals surface area contributed by atoms with Gasteiger partial charge in [0.25, 0.3) is 0 Å². The second kappa shape index (κ2) is 2.18. The van der Waals surface area contributed by atoms with E-state index in [2.05, 4.69) is 27.6 Å². The van der Waals surface area contributed by atoms with Gasteiger partial charge in [-0.3, -0.25) is 0 Å². The van der Waals surface area contributed by atoms with Crippen molar-refractivity contribution in [1.82, 2.24) is 9.55 Å². The molecule has 2 rings (SSSR count). The lowest BCUT2D eigenvalue weighted by molar-refractivity contribution is 0.328. The Bertz CT molecular complexity index is 258. The summed E-state index contributed by atoms with van der Waals surface area (Å²) in [6.07, 6.45) is 1.56. The van der Waals surface area contributed by atoms with E-state index in [1.807, 2.05) is 4.57 Å². The number of halogens is 2. The van der Waals surface area contributed by atoms with Gasteiger partial charge in [0.05, 0.1) is 18.6 Å². The van der Waals surface area contributed by atoms with Crippen LogP contribution in [0.2, 0.25) is 0 Å². The van der Waals surface area contributed by atoms with Crippen LogP contribution in [-0.2, 0) is 13.0 Å². The van der Waals surface area contributed by atoms with E-state index in [4.69, 9.17) is 0 Å². The van der Waals surface area contributed by atoms with Gasteiger partial charge in [-0.1, -0.05) is 0 Å². The average molecular weight is 252 g/mol. The molecule has 1 aromatic rings. The fourth-order valence-electron chi connectivity index (χ4n) is 1.23. The maximum Gasteiger partial charge on any atom is 0.123 e. The number of hydrogen-bond donors (Lipinski definition) is 0. The Balaban J connectivity index is 2.44. The molecule has 0 spiro atoms. The zero-order chi connectivity index (χ0) is 7.14. The van der Waals surface area contributed by atoms with Gasteiger partial charge in [-0.05, 0) is 22.6 Å². The zero-order valence-corrected chi connectivity index (χ0v) is 7.38. The Morgan fingerprint density at radius 2 is 2.60 bits per heavy atom. The minimum absolute atomic E-state index is 0.491. The number of rotatable bonds is 0. The van der Waals surface area contributed by atoms with Crippen molar-refractivity contribution in [1.29, 1.82) is 0 Å². The van der Waals surface area contributed by atoms with E-state index in [-0.39, 0.29) is 0 Å². The molecule has 1 aliphatic rings. The van der Waals surface area contributed by atoms with Gasteiger partial charge in [0.15, 0.2) is 0 Å². The van der Waals surface area contributed by atoms with Crippen LogP contribution < -0.4 is 0 Å². The number of imidazole rings is 1. The number of hydrogen-bond acceptors (Lipinski definition) is 1. The fraction of sp³-hybridized carbons (Fsp3) is 0.500. The molecule has 0 bridgehead atoms. The highest BCUT2D eigenvalue weighted by Crippen LogP contribution is 2.21. The van der Waals surface area contributed by atoms with Crippen LogP contribution in [0.1, 0.15) is 5.69 Å². The molecule has 0 saturated carbocycles. The van der Waals surface area contributed by atoms with Crippen molar-refractivity contribution in [2.45, 2.75) is 19.1 Å². The van der Waals surface area contributed by atoms with Crippen LogP contribution in [0.15, 0.2) is 6.33 Å². The highest BCUT2D eigenvalue weighted by molar-refractivity contribution is 14.1. The van der Waals surface area contributed by atoms with Crippen LogP contribution in [0.4, 0.5) is 4.39 Å². The first-order chi connectivity index (χ1) is 4.77. The molecule has 0 aliphatic carbocycles. The number of aromatic nitrogens is 2. The molecular formula is C6H6FIN2. The van der Waals surface area contributed by atoms with E-state index >= 15 is 0 Å². The van der Waals surface area contributed by atoms with Crippen LogP contribution >= 0.6 is 22.6 Å². The Morgan fingerprint density at radius 1 is 1.80 bits per heavy atom. The number of fused-ring (bicyclic) bond motifs is 1. The van der Waals surface area contributed by atoms with Crippen LogP contribution in [0.25, 0.3) is 0 Å². The van der Waals surface area contributed by atoms with Gasteiger partial charge in [0.2, 0.25) is 0 Å². The summed E-state index contributed by atoms with van der Waals surface area (Å²) >= 11 is 2.13. The van der Waals surface area contributed by atoms with Gasteiger partial charge in [0.1, 0.15) is 9.87 Å². The van der Waals surface area contributed by atoms with Crippen LogP contribution in [0.3, 0.4) is 0 Å². The minimum Gasteiger partial charge on any atom is -0.331 e. The summed E-state index contributed by atoms with van der Waals surface area (Å²) in [6.45, 7) is 0.491. The molecule has 0 unspecified atom stereocenters. The van der Waals surface area contributed by atoms with E-state index in [0.717, 1.165) is 9.39 Å². The van der Waals surface area contributed by atoms with Gasteiger partial charge < -0.3 is 4.57 Å². The molecule has 1 atom stereocenters. The predicted molar refractivity (Wildman–Crippen MR) is 43.5 cm³/mol. The smallest absolute Gasteiger partial charge is 0.123 e. The lowest BCUT2D eigenvalue weighted by atomic mass is 10.3. The first-order valence-corrected chi connectivity index (χ1v) is 4.19. The topological polar surface area (TPSA) is 17.8 Å². The van der Waals surface area contributed by atoms with Crippen molar-refractivity contribution in [3.8, 4) is 0 Å². The molecular weight excluding hydrogens is 246 g/mol. The zero-order valence-electron chi connectivity index (χ0n) is 5.22. The molecule has 0 radical (unpaired) electrons. The van der Waals surface area contributed by atoms with Crippen molar-refractivity contribution in [3.63, 3.8) is 0 Å². The van der Waals surface area contributed by atoms with E-state index in [1.54, 1.807) is 6.33 Å². The largest absolute Gasteiger partial charge is 0.331 e. The standard InChI is InChI=1S/C6H6FIN2/c7-4-1-5-6(8)9-3-10(5)2-4/h3-4H,1-2H2/t4-/m1/s1. The SMILES string of the molecule is F[C@@H]1Cc2c(I)ncn2C1. The normalized spacial score (nSPS) is 23.2. The highest BCUT2D eigenvalue weighted by atomic mass is 127. The lowest BCUT2D eigenvalue weighted by Crippen LogP contribution is -2.00. The maximum absolute atomic E-state index is 12.7. The predicted octanol–water partition coefficient (Wildman–Crippen LogP) is 1.38. The van der Waals surface area contributed by atoms with Crippen molar-refractivity contribution >= 4 is 22.6 Å². The third kappa shape index (κ3) is 0.853. The molecule has 0 amide bonds. The Morgan fingerprint density at radius 3 is 3.30 bits per heavy atom. The summed E-state index contributed by atoms with van der Waals surface area (Å²) in [7, 11) is 0. The molecule has 1 aromatic heterocycles.